The fourth-order valence-corrected chi connectivity index (χ4v) is 5.53. The second-order valence-corrected chi connectivity index (χ2v) is 13.4. The maximum Gasteiger partial charge on any atom is 0.351 e. The summed E-state index contributed by atoms with van der Waals surface area (Å²) in [6, 6.07) is 23.4. The molecular weight excluding hydrogens is 776 g/mol. The normalized spacial score (nSPS) is 11.6. The maximum atomic E-state index is 13.2. The molecule has 318 valence electrons. The van der Waals surface area contributed by atoms with Crippen LogP contribution < -0.4 is 18.9 Å². The third-order valence-corrected chi connectivity index (χ3v) is 8.92. The zero-order valence-corrected chi connectivity index (χ0v) is 34.2. The van der Waals surface area contributed by atoms with Crippen LogP contribution in [0, 0.1) is 0 Å². The third-order valence-electron chi connectivity index (χ3n) is 8.92. The number of carbonyl (C=O) groups excluding carboxylic acids is 6. The van der Waals surface area contributed by atoms with Gasteiger partial charge in [0.1, 0.15) is 23.0 Å². The second-order valence-electron chi connectivity index (χ2n) is 13.4. The SMILES string of the molecule is CCCCCCOc1ccc(C(=O)Oc2ccc(C(=O)O[C@@H](C(=O)OC)[C@@H](OC(=O)c3ccc(OC(=O)c4ccc(OCCCCCC)cc4)cc3)C(=O)OC)cc2)cc1. The molecule has 0 bridgehead atoms. The number of benzene rings is 4. The number of hydrogen-bond acceptors (Lipinski definition) is 14. The van der Waals surface area contributed by atoms with Crippen molar-refractivity contribution in [2.24, 2.45) is 0 Å². The standard InChI is InChI=1S/C46H50O14/c1-5-7-9-11-29-55-35-21-13-31(14-22-35)41(47)57-37-25-17-33(18-26-37)43(49)59-39(45(51)53-3)40(46(52)54-4)60-44(50)34-19-27-38(28-20-34)58-42(48)32-15-23-36(24-16-32)56-30-12-10-8-6-2/h13-28,39-40H,5-12,29-30H2,1-4H3/t39-,40-/m1/s1. The van der Waals surface area contributed by atoms with Gasteiger partial charge in [0, 0.05) is 0 Å². The summed E-state index contributed by atoms with van der Waals surface area (Å²) in [7, 11) is 1.96. The third kappa shape index (κ3) is 14.3. The van der Waals surface area contributed by atoms with Crippen LogP contribution in [0.1, 0.15) is 107 Å². The Morgan fingerprint density at radius 1 is 0.400 bits per heavy atom. The minimum absolute atomic E-state index is 0.104. The molecule has 0 unspecified atom stereocenters. The van der Waals surface area contributed by atoms with Gasteiger partial charge in [0.15, 0.2) is 0 Å². The number of rotatable bonds is 23. The summed E-state index contributed by atoms with van der Waals surface area (Å²) in [4.78, 5) is 77.5. The van der Waals surface area contributed by atoms with Crippen LogP contribution >= 0.6 is 0 Å². The van der Waals surface area contributed by atoms with Gasteiger partial charge in [0.2, 0.25) is 12.2 Å². The predicted octanol–water partition coefficient (Wildman–Crippen LogP) is 8.14. The number of ether oxygens (including phenoxy) is 8. The lowest BCUT2D eigenvalue weighted by atomic mass is 10.1. The first-order valence-corrected chi connectivity index (χ1v) is 19.7. The van der Waals surface area contributed by atoms with Crippen molar-refractivity contribution in [1.82, 2.24) is 0 Å². The molecule has 0 fully saturated rings. The fraction of sp³-hybridized carbons (Fsp3) is 0.348. The smallest absolute Gasteiger partial charge is 0.351 e. The fourth-order valence-electron chi connectivity index (χ4n) is 5.53. The van der Waals surface area contributed by atoms with Crippen molar-refractivity contribution in [3.63, 3.8) is 0 Å². The van der Waals surface area contributed by atoms with Crippen LogP contribution in [-0.2, 0) is 28.5 Å². The molecule has 0 radical (unpaired) electrons. The Morgan fingerprint density at radius 2 is 0.700 bits per heavy atom. The highest BCUT2D eigenvalue weighted by Gasteiger charge is 2.42. The first-order valence-electron chi connectivity index (χ1n) is 19.7. The molecule has 0 heterocycles. The molecule has 0 spiro atoms. The number of unbranched alkanes of at least 4 members (excludes halogenated alkanes) is 6. The summed E-state index contributed by atoms with van der Waals surface area (Å²) >= 11 is 0. The van der Waals surface area contributed by atoms with Crippen molar-refractivity contribution < 1.29 is 66.7 Å². The monoisotopic (exact) mass is 826 g/mol. The van der Waals surface area contributed by atoms with E-state index in [0.29, 0.717) is 24.7 Å². The molecule has 0 aliphatic rings. The first kappa shape index (κ1) is 46.0. The van der Waals surface area contributed by atoms with E-state index in [9.17, 15) is 28.8 Å². The Labute approximate surface area is 349 Å². The zero-order valence-electron chi connectivity index (χ0n) is 34.2. The Hall–Kier alpha value is -6.70. The van der Waals surface area contributed by atoms with E-state index in [4.69, 9.17) is 37.9 Å². The van der Waals surface area contributed by atoms with Crippen molar-refractivity contribution in [1.29, 1.82) is 0 Å². The van der Waals surface area contributed by atoms with Crippen molar-refractivity contribution in [2.75, 3.05) is 27.4 Å². The van der Waals surface area contributed by atoms with E-state index in [0.717, 1.165) is 65.6 Å². The van der Waals surface area contributed by atoms with E-state index < -0.39 is 48.0 Å². The lowest BCUT2D eigenvalue weighted by Crippen LogP contribution is -2.47. The maximum absolute atomic E-state index is 13.2. The Morgan fingerprint density at radius 3 is 1.00 bits per heavy atom. The lowest BCUT2D eigenvalue weighted by molar-refractivity contribution is -0.170. The van der Waals surface area contributed by atoms with E-state index in [1.54, 1.807) is 48.5 Å². The summed E-state index contributed by atoms with van der Waals surface area (Å²) in [5.74, 6) is -4.48. The zero-order chi connectivity index (χ0) is 43.3. The number of hydrogen-bond donors (Lipinski definition) is 0. The number of esters is 6. The molecule has 0 amide bonds. The molecule has 4 aromatic rings. The summed E-state index contributed by atoms with van der Waals surface area (Å²) in [6.07, 6.45) is 4.42. The van der Waals surface area contributed by atoms with Crippen LogP contribution in [0.25, 0.3) is 0 Å². The molecular formula is C46H50O14. The topological polar surface area (TPSA) is 176 Å². The quantitative estimate of drug-likeness (QED) is 0.0303. The van der Waals surface area contributed by atoms with Gasteiger partial charge in [-0.15, -0.1) is 0 Å². The summed E-state index contributed by atoms with van der Waals surface area (Å²) < 4.78 is 42.4. The lowest BCUT2D eigenvalue weighted by Gasteiger charge is -2.23. The average Bonchev–Trinajstić information content (AvgIpc) is 3.27. The Balaban J connectivity index is 1.34. The van der Waals surface area contributed by atoms with Gasteiger partial charge in [-0.05, 0) is 110 Å². The van der Waals surface area contributed by atoms with Gasteiger partial charge in [0.25, 0.3) is 0 Å². The van der Waals surface area contributed by atoms with Crippen LogP contribution in [0.2, 0.25) is 0 Å². The minimum atomic E-state index is -2.09. The van der Waals surface area contributed by atoms with Gasteiger partial charge in [-0.25, -0.2) is 28.8 Å². The minimum Gasteiger partial charge on any atom is -0.494 e. The van der Waals surface area contributed by atoms with Crippen LogP contribution in [0.15, 0.2) is 97.1 Å². The molecule has 60 heavy (non-hydrogen) atoms. The molecule has 4 aromatic carbocycles. The summed E-state index contributed by atoms with van der Waals surface area (Å²) in [5, 5.41) is 0. The molecule has 14 heteroatoms. The van der Waals surface area contributed by atoms with E-state index in [2.05, 4.69) is 13.8 Å². The number of methoxy groups -OCH3 is 2. The van der Waals surface area contributed by atoms with E-state index in [1.807, 2.05) is 0 Å². The predicted molar refractivity (Wildman–Crippen MR) is 217 cm³/mol. The Kier molecular flexibility index (Phi) is 18.6. The van der Waals surface area contributed by atoms with Crippen LogP contribution in [0.5, 0.6) is 23.0 Å². The molecule has 0 aliphatic heterocycles. The van der Waals surface area contributed by atoms with Gasteiger partial charge >= 0.3 is 35.8 Å². The molecule has 2 atom stereocenters. The van der Waals surface area contributed by atoms with E-state index in [-0.39, 0.29) is 33.8 Å². The van der Waals surface area contributed by atoms with E-state index >= 15 is 0 Å². The molecule has 4 rings (SSSR count). The highest BCUT2D eigenvalue weighted by molar-refractivity contribution is 5.96. The van der Waals surface area contributed by atoms with Crippen molar-refractivity contribution >= 4 is 35.8 Å². The largest absolute Gasteiger partial charge is 0.494 e. The van der Waals surface area contributed by atoms with Crippen LogP contribution in [0.3, 0.4) is 0 Å². The molecule has 14 nitrogen and oxygen atoms in total. The summed E-state index contributed by atoms with van der Waals surface area (Å²) in [6.45, 7) is 5.43. The average molecular weight is 827 g/mol. The van der Waals surface area contributed by atoms with Gasteiger partial charge in [-0.3, -0.25) is 0 Å². The van der Waals surface area contributed by atoms with Gasteiger partial charge in [-0.2, -0.15) is 0 Å². The highest BCUT2D eigenvalue weighted by atomic mass is 16.6. The van der Waals surface area contributed by atoms with Crippen molar-refractivity contribution in [3.05, 3.63) is 119 Å². The second kappa shape index (κ2) is 24.3. The van der Waals surface area contributed by atoms with Gasteiger partial charge in [-0.1, -0.05) is 52.4 Å². The number of carbonyl (C=O) groups is 6. The first-order chi connectivity index (χ1) is 29.1. The van der Waals surface area contributed by atoms with Crippen LogP contribution in [0.4, 0.5) is 0 Å². The van der Waals surface area contributed by atoms with Crippen molar-refractivity contribution in [2.45, 2.75) is 77.4 Å². The molecule has 0 saturated heterocycles. The molecule has 0 aromatic heterocycles. The summed E-state index contributed by atoms with van der Waals surface area (Å²) in [5.41, 5.74) is 0.339. The van der Waals surface area contributed by atoms with Crippen LogP contribution in [-0.4, -0.2) is 75.5 Å². The Bertz CT molecular complexity index is 1860. The molecule has 0 saturated carbocycles. The molecule has 0 aliphatic carbocycles. The van der Waals surface area contributed by atoms with Crippen molar-refractivity contribution in [3.8, 4) is 23.0 Å². The van der Waals surface area contributed by atoms with E-state index in [1.165, 1.54) is 48.5 Å². The molecule has 0 N–H and O–H groups in total. The highest BCUT2D eigenvalue weighted by Crippen LogP contribution is 2.22. The van der Waals surface area contributed by atoms with Gasteiger partial charge < -0.3 is 37.9 Å². The van der Waals surface area contributed by atoms with Gasteiger partial charge in [0.05, 0.1) is 49.7 Å².